The summed E-state index contributed by atoms with van der Waals surface area (Å²) in [6.07, 6.45) is 1.53. The summed E-state index contributed by atoms with van der Waals surface area (Å²) < 4.78 is 0. The van der Waals surface area contributed by atoms with Gasteiger partial charge in [-0.05, 0) is 26.7 Å². The van der Waals surface area contributed by atoms with Gasteiger partial charge in [0.05, 0.1) is 5.92 Å². The molecule has 0 bridgehead atoms. The molecule has 1 saturated heterocycles. The fourth-order valence-electron chi connectivity index (χ4n) is 1.77. The van der Waals surface area contributed by atoms with E-state index in [0.29, 0.717) is 12.1 Å². The normalized spacial score (nSPS) is 35.3. The van der Waals surface area contributed by atoms with E-state index in [1.807, 2.05) is 13.8 Å². The third-order valence-electron chi connectivity index (χ3n) is 2.19. The number of aliphatic carboxylic acids is 1. The van der Waals surface area contributed by atoms with Crippen molar-refractivity contribution in [3.8, 4) is 0 Å². The second-order valence-electron chi connectivity index (χ2n) is 3.48. The van der Waals surface area contributed by atoms with E-state index in [9.17, 15) is 4.79 Å². The first-order chi connectivity index (χ1) is 5.09. The fourth-order valence-corrected chi connectivity index (χ4v) is 1.77. The molecular formula is C8H16ClNO2. The molecule has 1 rings (SSSR count). The Hall–Kier alpha value is -0.280. The molecule has 72 valence electrons. The van der Waals surface area contributed by atoms with Crippen LogP contribution in [-0.4, -0.2) is 23.2 Å². The van der Waals surface area contributed by atoms with Gasteiger partial charge >= 0.3 is 5.97 Å². The standard InChI is InChI=1S/C8H15NO2.ClH/c1-5-3-7(8(10)11)4-6(2)9-5;/h5-7,9H,3-4H2,1-2H3,(H,10,11);1H/t5-,6+,7?;. The lowest BCUT2D eigenvalue weighted by molar-refractivity contribution is -0.143. The number of hydrogen-bond acceptors (Lipinski definition) is 2. The summed E-state index contributed by atoms with van der Waals surface area (Å²) in [5.41, 5.74) is 0. The van der Waals surface area contributed by atoms with E-state index in [4.69, 9.17) is 5.11 Å². The van der Waals surface area contributed by atoms with E-state index in [-0.39, 0.29) is 18.3 Å². The van der Waals surface area contributed by atoms with Crippen LogP contribution in [-0.2, 0) is 4.79 Å². The molecule has 0 aromatic carbocycles. The highest BCUT2D eigenvalue weighted by Gasteiger charge is 2.27. The third kappa shape index (κ3) is 2.99. The predicted octanol–water partition coefficient (Wildman–Crippen LogP) is 1.27. The summed E-state index contributed by atoms with van der Waals surface area (Å²) in [4.78, 5) is 10.6. The predicted molar refractivity (Wildman–Crippen MR) is 49.7 cm³/mol. The molecule has 1 unspecified atom stereocenters. The number of carbonyl (C=O) groups is 1. The summed E-state index contributed by atoms with van der Waals surface area (Å²) in [5.74, 6) is -0.786. The Bertz CT molecular complexity index is 153. The summed E-state index contributed by atoms with van der Waals surface area (Å²) in [6.45, 7) is 4.07. The van der Waals surface area contributed by atoms with E-state index in [0.717, 1.165) is 12.8 Å². The van der Waals surface area contributed by atoms with Gasteiger partial charge < -0.3 is 10.4 Å². The van der Waals surface area contributed by atoms with Gasteiger partial charge in [0.25, 0.3) is 0 Å². The maximum absolute atomic E-state index is 10.6. The largest absolute Gasteiger partial charge is 0.481 e. The Morgan fingerprint density at radius 1 is 1.33 bits per heavy atom. The molecule has 0 aromatic rings. The first-order valence-electron chi connectivity index (χ1n) is 4.08. The Balaban J connectivity index is 0.00000121. The van der Waals surface area contributed by atoms with Gasteiger partial charge in [-0.2, -0.15) is 0 Å². The number of carboxylic acid groups (broad SMARTS) is 1. The average molecular weight is 194 g/mol. The molecular weight excluding hydrogens is 178 g/mol. The lowest BCUT2D eigenvalue weighted by Crippen LogP contribution is -2.44. The molecule has 1 heterocycles. The van der Waals surface area contributed by atoms with Crippen LogP contribution in [0.4, 0.5) is 0 Å². The molecule has 0 saturated carbocycles. The zero-order chi connectivity index (χ0) is 8.43. The molecule has 0 aromatic heterocycles. The minimum atomic E-state index is -0.648. The van der Waals surface area contributed by atoms with Crippen LogP contribution in [0.3, 0.4) is 0 Å². The molecule has 1 aliphatic rings. The van der Waals surface area contributed by atoms with Crippen molar-refractivity contribution in [3.05, 3.63) is 0 Å². The van der Waals surface area contributed by atoms with Gasteiger partial charge in [0.2, 0.25) is 0 Å². The zero-order valence-corrected chi connectivity index (χ0v) is 8.23. The van der Waals surface area contributed by atoms with Crippen molar-refractivity contribution in [3.63, 3.8) is 0 Å². The second kappa shape index (κ2) is 4.67. The van der Waals surface area contributed by atoms with Crippen LogP contribution in [0.5, 0.6) is 0 Å². The van der Waals surface area contributed by atoms with E-state index in [2.05, 4.69) is 5.32 Å². The Morgan fingerprint density at radius 2 is 1.75 bits per heavy atom. The highest BCUT2D eigenvalue weighted by molar-refractivity contribution is 5.85. The van der Waals surface area contributed by atoms with Crippen LogP contribution in [0.15, 0.2) is 0 Å². The monoisotopic (exact) mass is 193 g/mol. The SMILES string of the molecule is C[C@@H]1CC(C(=O)O)C[C@H](C)N1.Cl. The molecule has 12 heavy (non-hydrogen) atoms. The number of nitrogens with one attached hydrogen (secondary N) is 1. The van der Waals surface area contributed by atoms with E-state index >= 15 is 0 Å². The highest BCUT2D eigenvalue weighted by atomic mass is 35.5. The highest BCUT2D eigenvalue weighted by Crippen LogP contribution is 2.19. The van der Waals surface area contributed by atoms with Gasteiger partial charge in [-0.1, -0.05) is 0 Å². The van der Waals surface area contributed by atoms with Gasteiger partial charge in [0.15, 0.2) is 0 Å². The molecule has 0 aliphatic carbocycles. The number of halogens is 1. The van der Waals surface area contributed by atoms with Crippen molar-refractivity contribution in [2.45, 2.75) is 38.8 Å². The number of piperidine rings is 1. The van der Waals surface area contributed by atoms with Gasteiger partial charge in [-0.3, -0.25) is 4.79 Å². The summed E-state index contributed by atoms with van der Waals surface area (Å²) in [6, 6.07) is 0.694. The van der Waals surface area contributed by atoms with Gasteiger partial charge in [-0.25, -0.2) is 0 Å². The van der Waals surface area contributed by atoms with Gasteiger partial charge in [0.1, 0.15) is 0 Å². The zero-order valence-electron chi connectivity index (χ0n) is 7.41. The van der Waals surface area contributed by atoms with Crippen LogP contribution in [0.25, 0.3) is 0 Å². The first-order valence-corrected chi connectivity index (χ1v) is 4.08. The maximum atomic E-state index is 10.6. The molecule has 4 heteroatoms. The second-order valence-corrected chi connectivity index (χ2v) is 3.48. The van der Waals surface area contributed by atoms with Crippen molar-refractivity contribution in [2.75, 3.05) is 0 Å². The minimum Gasteiger partial charge on any atom is -0.481 e. The van der Waals surface area contributed by atoms with Crippen LogP contribution in [0.2, 0.25) is 0 Å². The van der Waals surface area contributed by atoms with Crippen LogP contribution in [0.1, 0.15) is 26.7 Å². The lowest BCUT2D eigenvalue weighted by atomic mass is 9.89. The molecule has 3 atom stereocenters. The lowest BCUT2D eigenvalue weighted by Gasteiger charge is -2.30. The smallest absolute Gasteiger partial charge is 0.306 e. The summed E-state index contributed by atoms with van der Waals surface area (Å²) >= 11 is 0. The maximum Gasteiger partial charge on any atom is 0.306 e. The summed E-state index contributed by atoms with van der Waals surface area (Å²) in [7, 11) is 0. The van der Waals surface area contributed by atoms with Crippen LogP contribution >= 0.6 is 12.4 Å². The molecule has 3 nitrogen and oxygen atoms in total. The van der Waals surface area contributed by atoms with E-state index in [1.54, 1.807) is 0 Å². The molecule has 0 radical (unpaired) electrons. The third-order valence-corrected chi connectivity index (χ3v) is 2.19. The van der Waals surface area contributed by atoms with Crippen molar-refractivity contribution in [2.24, 2.45) is 5.92 Å². The van der Waals surface area contributed by atoms with Crippen molar-refractivity contribution < 1.29 is 9.90 Å². The molecule has 0 spiro atoms. The minimum absolute atomic E-state index is 0. The van der Waals surface area contributed by atoms with Gasteiger partial charge in [-0.15, -0.1) is 12.4 Å². The number of carboxylic acids is 1. The van der Waals surface area contributed by atoms with Crippen molar-refractivity contribution in [1.29, 1.82) is 0 Å². The first kappa shape index (κ1) is 11.7. The van der Waals surface area contributed by atoms with Crippen LogP contribution < -0.4 is 5.32 Å². The molecule has 1 aliphatic heterocycles. The van der Waals surface area contributed by atoms with E-state index < -0.39 is 5.97 Å². The number of rotatable bonds is 1. The van der Waals surface area contributed by atoms with Gasteiger partial charge in [0, 0.05) is 12.1 Å². The molecule has 2 N–H and O–H groups in total. The Labute approximate surface area is 78.9 Å². The van der Waals surface area contributed by atoms with E-state index in [1.165, 1.54) is 0 Å². The number of hydrogen-bond donors (Lipinski definition) is 2. The molecule has 1 fully saturated rings. The Kier molecular flexibility index (Phi) is 4.57. The van der Waals surface area contributed by atoms with Crippen LogP contribution in [0, 0.1) is 5.92 Å². The topological polar surface area (TPSA) is 49.3 Å². The average Bonchev–Trinajstić information content (AvgIpc) is 1.85. The molecule has 0 amide bonds. The summed E-state index contributed by atoms with van der Waals surface area (Å²) in [5, 5.41) is 12.0. The Morgan fingerprint density at radius 3 is 2.08 bits per heavy atom. The van der Waals surface area contributed by atoms with Crippen molar-refractivity contribution >= 4 is 18.4 Å². The van der Waals surface area contributed by atoms with Crippen molar-refractivity contribution in [1.82, 2.24) is 5.32 Å². The quantitative estimate of drug-likeness (QED) is 0.660. The fraction of sp³-hybridized carbons (Fsp3) is 0.875.